The standard InChI is InChI=1S/C34H43N5O9S/c1-19-7-6-8-20(2)28(36-33(43)44)31(41)39-18-22(48-30-25-10-5-4-9-24(25)27(47-3)17-35-30)15-26(39)29(40)37-34(16-21(34)12-11-19)32(42)38-49(45,46)23-13-14-23/h4-5,9-12,17,19-23,26,28,36H,6-8,13-16,18H2,1-3H3,(H,37,40)(H,38,42)(H,43,44)/b12-11-/t19-,20+,21+,22+,26-,28-,34+/m0/s1. The lowest BCUT2D eigenvalue weighted by Crippen LogP contribution is -2.59. The number of ether oxygens (including phenoxy) is 2. The van der Waals surface area contributed by atoms with Gasteiger partial charge in [0.15, 0.2) is 0 Å². The van der Waals surface area contributed by atoms with E-state index in [4.69, 9.17) is 9.47 Å². The van der Waals surface area contributed by atoms with Crippen LogP contribution in [0.1, 0.15) is 58.8 Å². The summed E-state index contributed by atoms with van der Waals surface area (Å²) in [6.07, 6.45) is 6.39. The number of carboxylic acid groups (broad SMARTS) is 1. The highest BCUT2D eigenvalue weighted by molar-refractivity contribution is 7.91. The van der Waals surface area contributed by atoms with Gasteiger partial charge in [0.05, 0.1) is 25.1 Å². The summed E-state index contributed by atoms with van der Waals surface area (Å²) in [6, 6.07) is 5.06. The van der Waals surface area contributed by atoms with Gasteiger partial charge in [-0.25, -0.2) is 18.2 Å². The lowest BCUT2D eigenvalue weighted by molar-refractivity contribution is -0.142. The Labute approximate surface area is 285 Å². The van der Waals surface area contributed by atoms with Crippen LogP contribution in [0.25, 0.3) is 10.8 Å². The molecule has 4 aliphatic rings. The number of nitrogens with one attached hydrogen (secondary N) is 3. The van der Waals surface area contributed by atoms with Crippen LogP contribution < -0.4 is 24.8 Å². The van der Waals surface area contributed by atoms with E-state index in [2.05, 4.69) is 20.3 Å². The van der Waals surface area contributed by atoms with Crippen LogP contribution in [0.5, 0.6) is 11.6 Å². The molecule has 15 heteroatoms. The van der Waals surface area contributed by atoms with Gasteiger partial charge in [-0.2, -0.15) is 0 Å². The number of rotatable bonds is 7. The van der Waals surface area contributed by atoms with E-state index in [0.717, 1.165) is 11.8 Å². The predicted molar refractivity (Wildman–Crippen MR) is 178 cm³/mol. The summed E-state index contributed by atoms with van der Waals surface area (Å²) >= 11 is 0. The van der Waals surface area contributed by atoms with Crippen LogP contribution in [0.3, 0.4) is 0 Å². The maximum atomic E-state index is 14.3. The van der Waals surface area contributed by atoms with E-state index < -0.39 is 68.7 Å². The number of aromatic nitrogens is 1. The number of methoxy groups -OCH3 is 1. The summed E-state index contributed by atoms with van der Waals surface area (Å²) in [5.41, 5.74) is -1.52. The number of hydrogen-bond donors (Lipinski definition) is 4. The smallest absolute Gasteiger partial charge is 0.405 e. The minimum absolute atomic E-state index is 0.0173. The fourth-order valence-corrected chi connectivity index (χ4v) is 8.37. The Balaban J connectivity index is 1.34. The molecule has 0 unspecified atom stereocenters. The average molecular weight is 698 g/mol. The predicted octanol–water partition coefficient (Wildman–Crippen LogP) is 2.72. The molecule has 7 atom stereocenters. The number of sulfonamides is 1. The van der Waals surface area contributed by atoms with E-state index >= 15 is 0 Å². The normalized spacial score (nSPS) is 31.3. The van der Waals surface area contributed by atoms with Gasteiger partial charge in [-0.1, -0.05) is 50.6 Å². The minimum Gasteiger partial charge on any atom is -0.494 e. The lowest BCUT2D eigenvalue weighted by Gasteiger charge is -2.31. The number of hydrogen-bond acceptors (Lipinski definition) is 9. The van der Waals surface area contributed by atoms with Crippen molar-refractivity contribution in [3.05, 3.63) is 42.6 Å². The molecule has 1 aromatic heterocycles. The number of pyridine rings is 1. The molecule has 14 nitrogen and oxygen atoms in total. The zero-order valence-corrected chi connectivity index (χ0v) is 28.6. The molecule has 2 aliphatic carbocycles. The molecular weight excluding hydrogens is 654 g/mol. The van der Waals surface area contributed by atoms with Gasteiger partial charge in [-0.05, 0) is 50.0 Å². The highest BCUT2D eigenvalue weighted by atomic mass is 32.2. The Bertz CT molecular complexity index is 1780. The summed E-state index contributed by atoms with van der Waals surface area (Å²) in [5.74, 6) is -1.99. The molecule has 3 heterocycles. The largest absolute Gasteiger partial charge is 0.494 e. The van der Waals surface area contributed by atoms with E-state index in [0.29, 0.717) is 36.8 Å². The summed E-state index contributed by atoms with van der Waals surface area (Å²) in [4.78, 5) is 59.8. The summed E-state index contributed by atoms with van der Waals surface area (Å²) in [6.45, 7) is 3.76. The van der Waals surface area contributed by atoms with Crippen molar-refractivity contribution in [2.45, 2.75) is 87.8 Å². The van der Waals surface area contributed by atoms with Crippen molar-refractivity contribution < 1.29 is 42.2 Å². The third-order valence-corrected chi connectivity index (χ3v) is 12.0. The van der Waals surface area contributed by atoms with Crippen molar-refractivity contribution in [1.29, 1.82) is 0 Å². The number of fused-ring (bicyclic) bond motifs is 3. The van der Waals surface area contributed by atoms with Crippen LogP contribution in [0.4, 0.5) is 4.79 Å². The zero-order valence-electron chi connectivity index (χ0n) is 27.8. The van der Waals surface area contributed by atoms with Crippen molar-refractivity contribution >= 4 is 44.6 Å². The SMILES string of the molecule is COc1cnc(O[C@@H]2C[C@H]3C(=O)N[C@]4(C(=O)NS(=O)(=O)C5CC5)C[C@H]4/C=C\[C@@H](C)CCC[C@@H](C)[C@H](NC(=O)O)C(=O)N3C2)c2ccccc12. The van der Waals surface area contributed by atoms with Gasteiger partial charge in [0.25, 0.3) is 5.91 Å². The second-order valence-corrected chi connectivity index (χ2v) is 15.8. The van der Waals surface area contributed by atoms with Crippen molar-refractivity contribution in [1.82, 2.24) is 25.2 Å². The highest BCUT2D eigenvalue weighted by Crippen LogP contribution is 2.46. The van der Waals surface area contributed by atoms with Crippen LogP contribution in [0.2, 0.25) is 0 Å². The number of amides is 4. The quantitative estimate of drug-likeness (QED) is 0.313. The Morgan fingerprint density at radius 2 is 1.82 bits per heavy atom. The van der Waals surface area contributed by atoms with Crippen molar-refractivity contribution in [3.63, 3.8) is 0 Å². The van der Waals surface area contributed by atoms with Crippen molar-refractivity contribution in [2.75, 3.05) is 13.7 Å². The molecule has 4 amide bonds. The third kappa shape index (κ3) is 7.17. The Kier molecular flexibility index (Phi) is 9.48. The second kappa shape index (κ2) is 13.5. The number of carbonyl (C=O) groups is 4. The monoisotopic (exact) mass is 697 g/mol. The number of nitrogens with zero attached hydrogens (tertiary/aromatic N) is 2. The molecular formula is C34H43N5O9S. The summed E-state index contributed by atoms with van der Waals surface area (Å²) in [5, 5.41) is 15.7. The van der Waals surface area contributed by atoms with E-state index in [1.807, 2.05) is 43.3 Å². The Morgan fingerprint density at radius 1 is 1.08 bits per heavy atom. The van der Waals surface area contributed by atoms with Crippen LogP contribution in [0, 0.1) is 17.8 Å². The van der Waals surface area contributed by atoms with Gasteiger partial charge in [0.2, 0.25) is 27.7 Å². The Morgan fingerprint density at radius 3 is 2.51 bits per heavy atom. The topological polar surface area (TPSA) is 193 Å². The summed E-state index contributed by atoms with van der Waals surface area (Å²) < 4.78 is 39.5. The molecule has 3 fully saturated rings. The Hall–Kier alpha value is -4.40. The molecule has 0 radical (unpaired) electrons. The fourth-order valence-electron chi connectivity index (χ4n) is 7.00. The molecule has 2 aliphatic heterocycles. The van der Waals surface area contributed by atoms with E-state index in [1.54, 1.807) is 6.92 Å². The summed E-state index contributed by atoms with van der Waals surface area (Å²) in [7, 11) is -2.36. The van der Waals surface area contributed by atoms with Gasteiger partial charge >= 0.3 is 6.09 Å². The van der Waals surface area contributed by atoms with Crippen molar-refractivity contribution in [2.24, 2.45) is 17.8 Å². The first-order valence-electron chi connectivity index (χ1n) is 16.8. The maximum absolute atomic E-state index is 14.3. The molecule has 264 valence electrons. The van der Waals surface area contributed by atoms with Gasteiger partial charge in [-0.3, -0.25) is 19.1 Å². The van der Waals surface area contributed by atoms with Crippen molar-refractivity contribution in [3.8, 4) is 11.6 Å². The maximum Gasteiger partial charge on any atom is 0.405 e. The van der Waals surface area contributed by atoms with Gasteiger partial charge < -0.3 is 30.1 Å². The highest BCUT2D eigenvalue weighted by Gasteiger charge is 2.62. The van der Waals surface area contributed by atoms with Gasteiger partial charge in [0, 0.05) is 23.1 Å². The first-order valence-corrected chi connectivity index (χ1v) is 18.3. The minimum atomic E-state index is -3.90. The molecule has 4 N–H and O–H groups in total. The van der Waals surface area contributed by atoms with Crippen LogP contribution in [-0.2, 0) is 24.4 Å². The van der Waals surface area contributed by atoms with Crippen LogP contribution >= 0.6 is 0 Å². The number of carbonyl (C=O) groups excluding carboxylic acids is 3. The second-order valence-electron chi connectivity index (χ2n) is 13.8. The van der Waals surface area contributed by atoms with E-state index in [9.17, 15) is 32.7 Å². The van der Waals surface area contributed by atoms with Gasteiger partial charge in [-0.15, -0.1) is 0 Å². The van der Waals surface area contributed by atoms with E-state index in [1.165, 1.54) is 18.2 Å². The number of allylic oxidation sites excluding steroid dienone is 1. The molecule has 2 aromatic rings. The number of benzene rings is 1. The molecule has 49 heavy (non-hydrogen) atoms. The average Bonchev–Trinajstić information content (AvgIpc) is 3.99. The first kappa shape index (κ1) is 34.5. The lowest BCUT2D eigenvalue weighted by atomic mass is 9.92. The third-order valence-electron chi connectivity index (χ3n) is 10.1. The molecule has 6 rings (SSSR count). The molecule has 1 saturated heterocycles. The first-order chi connectivity index (χ1) is 23.3. The fraction of sp³-hybridized carbons (Fsp3) is 0.559. The molecule has 0 spiro atoms. The zero-order chi connectivity index (χ0) is 35.1. The van der Waals surface area contributed by atoms with Gasteiger partial charge in [0.1, 0.15) is 29.5 Å². The molecule has 0 bridgehead atoms. The molecule has 1 aromatic carbocycles. The van der Waals surface area contributed by atoms with E-state index in [-0.39, 0.29) is 37.1 Å². The molecule has 2 saturated carbocycles. The van der Waals surface area contributed by atoms with Crippen LogP contribution in [-0.4, -0.2) is 89.9 Å². The van der Waals surface area contributed by atoms with Crippen LogP contribution in [0.15, 0.2) is 42.6 Å².